The Balaban J connectivity index is 1.99. The highest BCUT2D eigenvalue weighted by Crippen LogP contribution is 2.26. The number of anilines is 1. The van der Waals surface area contributed by atoms with E-state index in [4.69, 9.17) is 0 Å². The van der Waals surface area contributed by atoms with Crippen LogP contribution in [-0.4, -0.2) is 13.1 Å². The first-order chi connectivity index (χ1) is 6.29. The van der Waals surface area contributed by atoms with E-state index >= 15 is 0 Å². The zero-order valence-corrected chi connectivity index (χ0v) is 8.46. The molecule has 1 fully saturated rings. The van der Waals surface area contributed by atoms with Crippen molar-refractivity contribution >= 4 is 5.69 Å². The molecule has 0 spiro atoms. The molecule has 2 rings (SSSR count). The lowest BCUT2D eigenvalue weighted by atomic mass is 9.96. The van der Waals surface area contributed by atoms with Crippen LogP contribution < -0.4 is 4.90 Å². The molecule has 1 heteroatoms. The number of rotatable bonds is 2. The van der Waals surface area contributed by atoms with E-state index in [-0.39, 0.29) is 0 Å². The van der Waals surface area contributed by atoms with Crippen LogP contribution in [0.5, 0.6) is 0 Å². The Morgan fingerprint density at radius 1 is 1.23 bits per heavy atom. The number of hydrogen-bond acceptors (Lipinski definition) is 1. The molecule has 0 unspecified atom stereocenters. The van der Waals surface area contributed by atoms with Crippen LogP contribution in [0.3, 0.4) is 0 Å². The molecule has 0 N–H and O–H groups in total. The second-order valence-electron chi connectivity index (χ2n) is 4.01. The van der Waals surface area contributed by atoms with Gasteiger partial charge in [-0.2, -0.15) is 0 Å². The highest BCUT2D eigenvalue weighted by Gasteiger charge is 2.24. The standard InChI is InChI=1S/C12H17N/c1-3-11-8-13(9-11)12-6-4-10(2)5-7-12/h4-7,11H,3,8-9H2,1-2H3. The van der Waals surface area contributed by atoms with Crippen molar-refractivity contribution in [2.24, 2.45) is 5.92 Å². The van der Waals surface area contributed by atoms with Crippen molar-refractivity contribution < 1.29 is 0 Å². The summed E-state index contributed by atoms with van der Waals surface area (Å²) < 4.78 is 0. The molecule has 0 aliphatic carbocycles. The van der Waals surface area contributed by atoms with Gasteiger partial charge in [0, 0.05) is 18.8 Å². The Kier molecular flexibility index (Phi) is 2.26. The zero-order valence-electron chi connectivity index (χ0n) is 8.46. The number of aryl methyl sites for hydroxylation is 1. The Morgan fingerprint density at radius 3 is 2.38 bits per heavy atom. The molecule has 1 saturated heterocycles. The van der Waals surface area contributed by atoms with E-state index in [0.717, 1.165) is 5.92 Å². The third kappa shape index (κ3) is 1.69. The Morgan fingerprint density at radius 2 is 1.85 bits per heavy atom. The molecule has 1 nitrogen and oxygen atoms in total. The summed E-state index contributed by atoms with van der Waals surface area (Å²) in [5.41, 5.74) is 2.73. The van der Waals surface area contributed by atoms with Crippen molar-refractivity contribution in [1.82, 2.24) is 0 Å². The Labute approximate surface area is 80.4 Å². The first-order valence-corrected chi connectivity index (χ1v) is 5.11. The molecule has 1 aromatic rings. The summed E-state index contributed by atoms with van der Waals surface area (Å²) in [6, 6.07) is 8.83. The molecule has 0 atom stereocenters. The monoisotopic (exact) mass is 175 g/mol. The van der Waals surface area contributed by atoms with Crippen LogP contribution in [0.2, 0.25) is 0 Å². The molecular weight excluding hydrogens is 158 g/mol. The van der Waals surface area contributed by atoms with Gasteiger partial charge in [-0.05, 0) is 31.4 Å². The zero-order chi connectivity index (χ0) is 9.26. The summed E-state index contributed by atoms with van der Waals surface area (Å²) in [6.45, 7) is 6.91. The van der Waals surface area contributed by atoms with Crippen LogP contribution in [0.15, 0.2) is 24.3 Å². The third-order valence-electron chi connectivity index (χ3n) is 2.93. The fourth-order valence-corrected chi connectivity index (χ4v) is 1.79. The van der Waals surface area contributed by atoms with Crippen molar-refractivity contribution in [3.63, 3.8) is 0 Å². The smallest absolute Gasteiger partial charge is 0.0366 e. The summed E-state index contributed by atoms with van der Waals surface area (Å²) >= 11 is 0. The molecule has 13 heavy (non-hydrogen) atoms. The molecule has 1 aliphatic rings. The van der Waals surface area contributed by atoms with Crippen molar-refractivity contribution in [3.8, 4) is 0 Å². The quantitative estimate of drug-likeness (QED) is 0.668. The second kappa shape index (κ2) is 3.41. The fraction of sp³-hybridized carbons (Fsp3) is 0.500. The van der Waals surface area contributed by atoms with Crippen LogP contribution >= 0.6 is 0 Å². The fourth-order valence-electron chi connectivity index (χ4n) is 1.79. The van der Waals surface area contributed by atoms with Crippen molar-refractivity contribution in [3.05, 3.63) is 29.8 Å². The van der Waals surface area contributed by atoms with Gasteiger partial charge in [-0.25, -0.2) is 0 Å². The minimum Gasteiger partial charge on any atom is -0.371 e. The highest BCUT2D eigenvalue weighted by atomic mass is 15.2. The van der Waals surface area contributed by atoms with Crippen LogP contribution in [0, 0.1) is 12.8 Å². The largest absolute Gasteiger partial charge is 0.371 e. The number of hydrogen-bond donors (Lipinski definition) is 0. The Hall–Kier alpha value is -0.980. The van der Waals surface area contributed by atoms with Gasteiger partial charge in [-0.1, -0.05) is 24.6 Å². The minimum atomic E-state index is 0.932. The maximum atomic E-state index is 2.45. The summed E-state index contributed by atoms with van der Waals surface area (Å²) in [5.74, 6) is 0.932. The van der Waals surface area contributed by atoms with Crippen molar-refractivity contribution in [2.45, 2.75) is 20.3 Å². The number of benzene rings is 1. The molecule has 0 bridgehead atoms. The van der Waals surface area contributed by atoms with Crippen molar-refractivity contribution in [1.29, 1.82) is 0 Å². The lowest BCUT2D eigenvalue weighted by Crippen LogP contribution is -2.46. The predicted molar refractivity (Wildman–Crippen MR) is 57.2 cm³/mol. The van der Waals surface area contributed by atoms with Gasteiger partial charge in [0.15, 0.2) is 0 Å². The van der Waals surface area contributed by atoms with Crippen LogP contribution in [-0.2, 0) is 0 Å². The molecule has 70 valence electrons. The molecular formula is C12H17N. The van der Waals surface area contributed by atoms with E-state index in [0.29, 0.717) is 0 Å². The van der Waals surface area contributed by atoms with Gasteiger partial charge in [0.2, 0.25) is 0 Å². The first-order valence-electron chi connectivity index (χ1n) is 5.11. The topological polar surface area (TPSA) is 3.24 Å². The van der Waals surface area contributed by atoms with Crippen LogP contribution in [0.1, 0.15) is 18.9 Å². The van der Waals surface area contributed by atoms with Gasteiger partial charge in [-0.3, -0.25) is 0 Å². The number of nitrogens with zero attached hydrogens (tertiary/aromatic N) is 1. The maximum absolute atomic E-state index is 2.45. The molecule has 0 saturated carbocycles. The molecule has 0 amide bonds. The normalized spacial score (nSPS) is 17.2. The summed E-state index contributed by atoms with van der Waals surface area (Å²) in [5, 5.41) is 0. The van der Waals surface area contributed by atoms with Crippen LogP contribution in [0.25, 0.3) is 0 Å². The van der Waals surface area contributed by atoms with Gasteiger partial charge < -0.3 is 4.90 Å². The summed E-state index contributed by atoms with van der Waals surface area (Å²) in [7, 11) is 0. The first kappa shape index (κ1) is 8.61. The summed E-state index contributed by atoms with van der Waals surface area (Å²) in [4.78, 5) is 2.45. The Bertz CT molecular complexity index is 270. The molecule has 0 radical (unpaired) electrons. The lowest BCUT2D eigenvalue weighted by Gasteiger charge is -2.40. The second-order valence-corrected chi connectivity index (χ2v) is 4.01. The average Bonchev–Trinajstić information content (AvgIpc) is 2.06. The van der Waals surface area contributed by atoms with Crippen molar-refractivity contribution in [2.75, 3.05) is 18.0 Å². The van der Waals surface area contributed by atoms with E-state index in [9.17, 15) is 0 Å². The van der Waals surface area contributed by atoms with Gasteiger partial charge >= 0.3 is 0 Å². The minimum absolute atomic E-state index is 0.932. The van der Waals surface area contributed by atoms with Gasteiger partial charge in [0.1, 0.15) is 0 Å². The summed E-state index contributed by atoms with van der Waals surface area (Å²) in [6.07, 6.45) is 1.32. The van der Waals surface area contributed by atoms with E-state index in [1.54, 1.807) is 0 Å². The van der Waals surface area contributed by atoms with E-state index in [1.165, 1.54) is 30.8 Å². The van der Waals surface area contributed by atoms with Gasteiger partial charge in [0.05, 0.1) is 0 Å². The van der Waals surface area contributed by atoms with Gasteiger partial charge in [-0.15, -0.1) is 0 Å². The van der Waals surface area contributed by atoms with Gasteiger partial charge in [0.25, 0.3) is 0 Å². The van der Waals surface area contributed by atoms with E-state index in [1.807, 2.05) is 0 Å². The average molecular weight is 175 g/mol. The molecule has 1 heterocycles. The van der Waals surface area contributed by atoms with E-state index < -0.39 is 0 Å². The predicted octanol–water partition coefficient (Wildman–Crippen LogP) is 2.84. The van der Waals surface area contributed by atoms with Crippen LogP contribution in [0.4, 0.5) is 5.69 Å². The maximum Gasteiger partial charge on any atom is 0.0366 e. The molecule has 0 aromatic heterocycles. The molecule has 1 aromatic carbocycles. The highest BCUT2D eigenvalue weighted by molar-refractivity contribution is 5.49. The third-order valence-corrected chi connectivity index (χ3v) is 2.93. The van der Waals surface area contributed by atoms with E-state index in [2.05, 4.69) is 43.0 Å². The lowest BCUT2D eigenvalue weighted by molar-refractivity contribution is 0.399. The molecule has 1 aliphatic heterocycles. The SMILES string of the molecule is CCC1CN(c2ccc(C)cc2)C1.